The quantitative estimate of drug-likeness (QED) is 0.910. The van der Waals surface area contributed by atoms with E-state index in [1.807, 2.05) is 55.5 Å². The zero-order chi connectivity index (χ0) is 13.0. The van der Waals surface area contributed by atoms with Crippen LogP contribution in [0.4, 0.5) is 0 Å². The van der Waals surface area contributed by atoms with Crippen molar-refractivity contribution in [3.8, 4) is 5.75 Å². The predicted octanol–water partition coefficient (Wildman–Crippen LogP) is 3.73. The molecule has 0 heterocycles. The lowest BCUT2D eigenvalue weighted by atomic mass is 10.1. The van der Waals surface area contributed by atoms with Crippen LogP contribution in [0.2, 0.25) is 5.02 Å². The number of halogens is 1. The molecule has 3 heteroatoms. The van der Waals surface area contributed by atoms with E-state index in [0.29, 0.717) is 11.6 Å². The first kappa shape index (κ1) is 12.9. The molecule has 0 saturated carbocycles. The van der Waals surface area contributed by atoms with Gasteiger partial charge in [-0.15, -0.1) is 0 Å². The molecule has 18 heavy (non-hydrogen) atoms. The maximum atomic E-state index is 6.06. The normalized spacial score (nSPS) is 12.2. The zero-order valence-corrected chi connectivity index (χ0v) is 11.0. The van der Waals surface area contributed by atoms with Crippen LogP contribution in [0.15, 0.2) is 48.5 Å². The van der Waals surface area contributed by atoms with Crippen LogP contribution in [-0.2, 0) is 0 Å². The van der Waals surface area contributed by atoms with Crippen LogP contribution >= 0.6 is 11.6 Å². The van der Waals surface area contributed by atoms with Crippen molar-refractivity contribution in [3.05, 3.63) is 64.7 Å². The first-order valence-corrected chi connectivity index (χ1v) is 6.23. The molecule has 0 bridgehead atoms. The Kier molecular flexibility index (Phi) is 4.24. The molecule has 2 aromatic rings. The molecule has 2 nitrogen and oxygen atoms in total. The highest BCUT2D eigenvalue weighted by molar-refractivity contribution is 6.30. The third-order valence-corrected chi connectivity index (χ3v) is 2.96. The molecule has 0 aliphatic carbocycles. The molecular formula is C15H16ClNO. The summed E-state index contributed by atoms with van der Waals surface area (Å²) in [5, 5.41) is 0.693. The van der Waals surface area contributed by atoms with Crippen molar-refractivity contribution in [2.45, 2.75) is 13.0 Å². The van der Waals surface area contributed by atoms with Gasteiger partial charge < -0.3 is 10.5 Å². The van der Waals surface area contributed by atoms with Crippen molar-refractivity contribution in [2.24, 2.45) is 5.73 Å². The zero-order valence-electron chi connectivity index (χ0n) is 10.3. The fourth-order valence-corrected chi connectivity index (χ4v) is 1.85. The van der Waals surface area contributed by atoms with Crippen LogP contribution in [-0.4, -0.2) is 6.61 Å². The van der Waals surface area contributed by atoms with Crippen LogP contribution in [0.1, 0.15) is 17.2 Å². The van der Waals surface area contributed by atoms with Gasteiger partial charge in [-0.25, -0.2) is 0 Å². The summed E-state index contributed by atoms with van der Waals surface area (Å²) in [4.78, 5) is 0. The largest absolute Gasteiger partial charge is 0.492 e. The second-order valence-electron chi connectivity index (χ2n) is 4.29. The van der Waals surface area contributed by atoms with Crippen molar-refractivity contribution in [2.75, 3.05) is 6.61 Å². The Balaban J connectivity index is 1.96. The summed E-state index contributed by atoms with van der Waals surface area (Å²) >= 11 is 5.93. The summed E-state index contributed by atoms with van der Waals surface area (Å²) in [5.74, 6) is 0.832. The Morgan fingerprint density at radius 1 is 1.17 bits per heavy atom. The summed E-state index contributed by atoms with van der Waals surface area (Å²) < 4.78 is 5.65. The van der Waals surface area contributed by atoms with Gasteiger partial charge in [-0.05, 0) is 36.8 Å². The summed E-state index contributed by atoms with van der Waals surface area (Å²) in [6.07, 6.45) is 0. The summed E-state index contributed by atoms with van der Waals surface area (Å²) in [5.41, 5.74) is 8.25. The highest BCUT2D eigenvalue weighted by Gasteiger charge is 2.07. The number of hydrogen-bond acceptors (Lipinski definition) is 2. The Bertz CT molecular complexity index is 510. The molecule has 94 valence electrons. The van der Waals surface area contributed by atoms with E-state index in [1.165, 1.54) is 5.56 Å². The molecule has 1 unspecified atom stereocenters. The number of nitrogens with two attached hydrogens (primary N) is 1. The number of benzene rings is 2. The van der Waals surface area contributed by atoms with E-state index in [-0.39, 0.29) is 6.04 Å². The third-order valence-electron chi connectivity index (χ3n) is 2.73. The second kappa shape index (κ2) is 5.89. The van der Waals surface area contributed by atoms with Gasteiger partial charge in [0.1, 0.15) is 12.4 Å². The number of ether oxygens (including phenoxy) is 1. The first-order valence-electron chi connectivity index (χ1n) is 5.85. The average molecular weight is 262 g/mol. The monoisotopic (exact) mass is 261 g/mol. The van der Waals surface area contributed by atoms with E-state index < -0.39 is 0 Å². The predicted molar refractivity (Wildman–Crippen MR) is 75.1 cm³/mol. The van der Waals surface area contributed by atoms with Crippen LogP contribution in [0.5, 0.6) is 5.75 Å². The van der Waals surface area contributed by atoms with Gasteiger partial charge in [0.2, 0.25) is 0 Å². The molecule has 0 saturated heterocycles. The Morgan fingerprint density at radius 2 is 1.89 bits per heavy atom. The molecule has 0 radical (unpaired) electrons. The number of hydrogen-bond donors (Lipinski definition) is 1. The fraction of sp³-hybridized carbons (Fsp3) is 0.200. The van der Waals surface area contributed by atoms with Gasteiger partial charge >= 0.3 is 0 Å². The van der Waals surface area contributed by atoms with Crippen molar-refractivity contribution in [3.63, 3.8) is 0 Å². The minimum absolute atomic E-state index is 0.176. The summed E-state index contributed by atoms with van der Waals surface area (Å²) in [7, 11) is 0. The van der Waals surface area contributed by atoms with Crippen LogP contribution in [0, 0.1) is 6.92 Å². The molecule has 0 spiro atoms. The highest BCUT2D eigenvalue weighted by atomic mass is 35.5. The van der Waals surface area contributed by atoms with Crippen LogP contribution < -0.4 is 10.5 Å². The van der Waals surface area contributed by atoms with E-state index in [2.05, 4.69) is 0 Å². The van der Waals surface area contributed by atoms with E-state index in [9.17, 15) is 0 Å². The van der Waals surface area contributed by atoms with E-state index >= 15 is 0 Å². The summed E-state index contributed by atoms with van der Waals surface area (Å²) in [6, 6.07) is 15.3. The van der Waals surface area contributed by atoms with Gasteiger partial charge in [-0.1, -0.05) is 41.4 Å². The molecule has 0 amide bonds. The third kappa shape index (κ3) is 3.49. The lowest BCUT2D eigenvalue weighted by molar-refractivity contribution is 0.290. The minimum atomic E-state index is -0.176. The molecule has 2 aromatic carbocycles. The standard InChI is InChI=1S/C15H16ClNO/c1-11-5-7-14(8-6-11)18-10-15(17)12-3-2-4-13(16)9-12/h2-9,15H,10,17H2,1H3. The maximum Gasteiger partial charge on any atom is 0.119 e. The topological polar surface area (TPSA) is 35.2 Å². The molecule has 0 aromatic heterocycles. The molecule has 0 aliphatic heterocycles. The SMILES string of the molecule is Cc1ccc(OCC(N)c2cccc(Cl)c2)cc1. The number of rotatable bonds is 4. The second-order valence-corrected chi connectivity index (χ2v) is 4.72. The molecule has 0 aliphatic rings. The number of aryl methyl sites for hydroxylation is 1. The molecule has 0 fully saturated rings. The Morgan fingerprint density at radius 3 is 2.56 bits per heavy atom. The van der Waals surface area contributed by atoms with Gasteiger partial charge in [-0.3, -0.25) is 0 Å². The molecule has 2 N–H and O–H groups in total. The lowest BCUT2D eigenvalue weighted by Gasteiger charge is -2.14. The Hall–Kier alpha value is -1.51. The highest BCUT2D eigenvalue weighted by Crippen LogP contribution is 2.18. The molecular weight excluding hydrogens is 246 g/mol. The van der Waals surface area contributed by atoms with Gasteiger partial charge in [0.25, 0.3) is 0 Å². The van der Waals surface area contributed by atoms with Crippen molar-refractivity contribution in [1.29, 1.82) is 0 Å². The average Bonchev–Trinajstić information content (AvgIpc) is 2.38. The smallest absolute Gasteiger partial charge is 0.119 e. The molecule has 2 rings (SSSR count). The van der Waals surface area contributed by atoms with Gasteiger partial charge in [0.15, 0.2) is 0 Å². The van der Waals surface area contributed by atoms with Gasteiger partial charge in [0, 0.05) is 5.02 Å². The van der Waals surface area contributed by atoms with Crippen molar-refractivity contribution in [1.82, 2.24) is 0 Å². The van der Waals surface area contributed by atoms with Crippen molar-refractivity contribution >= 4 is 11.6 Å². The van der Waals surface area contributed by atoms with Crippen LogP contribution in [0.3, 0.4) is 0 Å². The summed E-state index contributed by atoms with van der Waals surface area (Å²) in [6.45, 7) is 2.48. The van der Waals surface area contributed by atoms with E-state index in [4.69, 9.17) is 22.1 Å². The van der Waals surface area contributed by atoms with Crippen LogP contribution in [0.25, 0.3) is 0 Å². The van der Waals surface area contributed by atoms with Gasteiger partial charge in [0.05, 0.1) is 6.04 Å². The van der Waals surface area contributed by atoms with E-state index in [0.717, 1.165) is 11.3 Å². The molecule has 1 atom stereocenters. The first-order chi connectivity index (χ1) is 8.65. The van der Waals surface area contributed by atoms with E-state index in [1.54, 1.807) is 0 Å². The lowest BCUT2D eigenvalue weighted by Crippen LogP contribution is -2.18. The fourth-order valence-electron chi connectivity index (χ4n) is 1.65. The maximum absolute atomic E-state index is 6.06. The van der Waals surface area contributed by atoms with Gasteiger partial charge in [-0.2, -0.15) is 0 Å². The minimum Gasteiger partial charge on any atom is -0.492 e. The Labute approximate surface area is 112 Å². The van der Waals surface area contributed by atoms with Crippen molar-refractivity contribution < 1.29 is 4.74 Å².